The number of nitrogens with two attached hydrogens (primary N) is 1. The van der Waals surface area contributed by atoms with Gasteiger partial charge in [-0.05, 0) is 31.2 Å². The molecule has 134 valence electrons. The number of ether oxygens (including phenoxy) is 2. The van der Waals surface area contributed by atoms with Crippen molar-refractivity contribution in [3.8, 4) is 5.75 Å². The van der Waals surface area contributed by atoms with Crippen LogP contribution >= 0.6 is 0 Å². The first-order valence-electron chi connectivity index (χ1n) is 8.33. The van der Waals surface area contributed by atoms with Crippen molar-refractivity contribution in [1.29, 1.82) is 0 Å². The van der Waals surface area contributed by atoms with E-state index in [0.717, 1.165) is 10.5 Å². The molecule has 0 unspecified atom stereocenters. The summed E-state index contributed by atoms with van der Waals surface area (Å²) >= 11 is 0. The first-order chi connectivity index (χ1) is 11.8. The van der Waals surface area contributed by atoms with E-state index in [1.807, 2.05) is 29.6 Å². The number of esters is 1. The predicted molar refractivity (Wildman–Crippen MR) is 87.5 cm³/mol. The number of methoxy groups -OCH3 is 1. The molecule has 2 heterocycles. The van der Waals surface area contributed by atoms with Gasteiger partial charge in [-0.25, -0.2) is 4.79 Å². The zero-order chi connectivity index (χ0) is 18.4. The molecular weight excluding hydrogens is 324 g/mol. The maximum atomic E-state index is 12.7. The number of likely N-dealkylation sites (tertiary alicyclic amines) is 1. The van der Waals surface area contributed by atoms with Gasteiger partial charge in [0.1, 0.15) is 23.6 Å². The SMILES string of the molecule is CCOC(=O)[C@]1(C)[NH2+][C@@H](c2ccc(OC)cc2)[C@H]2C(=O)N(C)C(=O)[C@H]21. The molecule has 1 aromatic carbocycles. The van der Waals surface area contributed by atoms with Gasteiger partial charge in [0.2, 0.25) is 17.4 Å². The number of benzene rings is 1. The number of imide groups is 1. The molecule has 2 aliphatic rings. The van der Waals surface area contributed by atoms with Crippen molar-refractivity contribution < 1.29 is 29.2 Å². The van der Waals surface area contributed by atoms with Crippen LogP contribution in [0.3, 0.4) is 0 Å². The predicted octanol–water partition coefficient (Wildman–Crippen LogP) is -0.134. The van der Waals surface area contributed by atoms with Crippen molar-refractivity contribution in [3.63, 3.8) is 0 Å². The molecule has 0 aliphatic carbocycles. The Morgan fingerprint density at radius 2 is 1.88 bits per heavy atom. The Morgan fingerprint density at radius 3 is 2.44 bits per heavy atom. The quantitative estimate of drug-likeness (QED) is 0.605. The molecule has 2 N–H and O–H groups in total. The van der Waals surface area contributed by atoms with Gasteiger partial charge in [0.05, 0.1) is 13.7 Å². The summed E-state index contributed by atoms with van der Waals surface area (Å²) in [5, 5.41) is 1.81. The number of rotatable bonds is 4. The minimum Gasteiger partial charge on any atom is -0.497 e. The van der Waals surface area contributed by atoms with Crippen molar-refractivity contribution in [2.75, 3.05) is 20.8 Å². The van der Waals surface area contributed by atoms with Crippen LogP contribution in [0.5, 0.6) is 5.75 Å². The average Bonchev–Trinajstić information content (AvgIpc) is 3.05. The number of fused-ring (bicyclic) bond motifs is 1. The lowest BCUT2D eigenvalue weighted by Crippen LogP contribution is -2.97. The van der Waals surface area contributed by atoms with Crippen LogP contribution in [0.1, 0.15) is 25.5 Å². The summed E-state index contributed by atoms with van der Waals surface area (Å²) < 4.78 is 10.4. The Balaban J connectivity index is 2.03. The molecule has 0 spiro atoms. The van der Waals surface area contributed by atoms with E-state index in [2.05, 4.69) is 0 Å². The van der Waals surface area contributed by atoms with Crippen LogP contribution in [-0.4, -0.2) is 49.0 Å². The van der Waals surface area contributed by atoms with Gasteiger partial charge >= 0.3 is 5.97 Å². The third kappa shape index (κ3) is 2.50. The van der Waals surface area contributed by atoms with Crippen molar-refractivity contribution in [3.05, 3.63) is 29.8 Å². The molecule has 7 nitrogen and oxygen atoms in total. The highest BCUT2D eigenvalue weighted by Gasteiger charge is 2.70. The monoisotopic (exact) mass is 347 g/mol. The highest BCUT2D eigenvalue weighted by Crippen LogP contribution is 2.44. The zero-order valence-electron chi connectivity index (χ0n) is 14.8. The van der Waals surface area contributed by atoms with Crippen molar-refractivity contribution in [2.24, 2.45) is 11.8 Å². The fourth-order valence-electron chi connectivity index (χ4n) is 4.02. The first kappa shape index (κ1) is 17.4. The highest BCUT2D eigenvalue weighted by molar-refractivity contribution is 6.08. The van der Waals surface area contributed by atoms with Crippen LogP contribution in [-0.2, 0) is 19.1 Å². The van der Waals surface area contributed by atoms with E-state index in [1.165, 1.54) is 7.05 Å². The van der Waals surface area contributed by atoms with E-state index in [0.29, 0.717) is 5.75 Å². The molecule has 2 fully saturated rings. The van der Waals surface area contributed by atoms with Crippen molar-refractivity contribution in [1.82, 2.24) is 4.90 Å². The van der Waals surface area contributed by atoms with Gasteiger partial charge in [-0.1, -0.05) is 0 Å². The van der Waals surface area contributed by atoms with Crippen LogP contribution in [0, 0.1) is 11.8 Å². The van der Waals surface area contributed by atoms with Gasteiger partial charge in [-0.2, -0.15) is 0 Å². The smallest absolute Gasteiger partial charge is 0.368 e. The Morgan fingerprint density at radius 1 is 1.24 bits per heavy atom. The number of hydrogen-bond acceptors (Lipinski definition) is 5. The summed E-state index contributed by atoms with van der Waals surface area (Å²) in [4.78, 5) is 39.1. The van der Waals surface area contributed by atoms with Gasteiger partial charge in [0, 0.05) is 19.5 Å². The van der Waals surface area contributed by atoms with E-state index >= 15 is 0 Å². The number of carbonyl (C=O) groups is 3. The van der Waals surface area contributed by atoms with Gasteiger partial charge in [-0.15, -0.1) is 0 Å². The normalized spacial score (nSPS) is 31.2. The summed E-state index contributed by atoms with van der Waals surface area (Å²) in [6.45, 7) is 3.64. The molecule has 25 heavy (non-hydrogen) atoms. The lowest BCUT2D eigenvalue weighted by molar-refractivity contribution is -0.731. The number of quaternary nitrogens is 1. The summed E-state index contributed by atoms with van der Waals surface area (Å²) in [5.41, 5.74) is -0.247. The second-order valence-corrected chi connectivity index (χ2v) is 6.71. The minimum absolute atomic E-state index is 0.227. The molecule has 3 rings (SSSR count). The van der Waals surface area contributed by atoms with Crippen LogP contribution in [0.25, 0.3) is 0 Å². The Bertz CT molecular complexity index is 717. The number of nitrogens with zero attached hydrogens (tertiary/aromatic N) is 1. The van der Waals surface area contributed by atoms with Gasteiger partial charge < -0.3 is 14.8 Å². The van der Waals surface area contributed by atoms with Gasteiger partial charge in [0.25, 0.3) is 0 Å². The standard InChI is InChI=1S/C18H22N2O5/c1-5-25-17(23)18(2)13-12(15(21)20(3)16(13)22)14(19-18)10-6-8-11(24-4)9-7-10/h6-9,12-14,19H,5H2,1-4H3/p+1/t12-,13-,14-,18+/m0/s1. The van der Waals surface area contributed by atoms with E-state index < -0.39 is 23.3 Å². The van der Waals surface area contributed by atoms with Crippen LogP contribution in [0.15, 0.2) is 24.3 Å². The third-order valence-corrected chi connectivity index (χ3v) is 5.35. The van der Waals surface area contributed by atoms with Gasteiger partial charge in [-0.3, -0.25) is 14.5 Å². The molecule has 0 saturated carbocycles. The second-order valence-electron chi connectivity index (χ2n) is 6.71. The van der Waals surface area contributed by atoms with Crippen LogP contribution in [0.4, 0.5) is 0 Å². The first-order valence-corrected chi connectivity index (χ1v) is 8.33. The molecule has 1 aromatic rings. The maximum absolute atomic E-state index is 12.7. The topological polar surface area (TPSA) is 89.5 Å². The molecule has 2 saturated heterocycles. The molecule has 2 aliphatic heterocycles. The summed E-state index contributed by atoms with van der Waals surface area (Å²) in [6.07, 6.45) is 0. The molecular formula is C18H23N2O5+. The summed E-state index contributed by atoms with van der Waals surface area (Å²) in [6, 6.07) is 7.02. The fraction of sp³-hybridized carbons (Fsp3) is 0.500. The largest absolute Gasteiger partial charge is 0.497 e. The second kappa shape index (κ2) is 6.15. The molecule has 4 atom stereocenters. The molecule has 7 heteroatoms. The molecule has 0 bridgehead atoms. The van der Waals surface area contributed by atoms with E-state index in [4.69, 9.17) is 9.47 Å². The number of amides is 2. The molecule has 2 amide bonds. The highest BCUT2D eigenvalue weighted by atomic mass is 16.5. The van der Waals surface area contributed by atoms with Crippen LogP contribution < -0.4 is 10.1 Å². The van der Waals surface area contributed by atoms with Crippen molar-refractivity contribution in [2.45, 2.75) is 25.4 Å². The zero-order valence-corrected chi connectivity index (χ0v) is 14.8. The number of carbonyl (C=O) groups excluding carboxylic acids is 3. The minimum atomic E-state index is -1.12. The average molecular weight is 347 g/mol. The Hall–Kier alpha value is -2.41. The summed E-state index contributed by atoms with van der Waals surface area (Å²) in [5.74, 6) is -1.63. The van der Waals surface area contributed by atoms with E-state index in [-0.39, 0.29) is 24.5 Å². The maximum Gasteiger partial charge on any atom is 0.368 e. The van der Waals surface area contributed by atoms with Crippen molar-refractivity contribution >= 4 is 17.8 Å². The fourth-order valence-corrected chi connectivity index (χ4v) is 4.02. The van der Waals surface area contributed by atoms with E-state index in [9.17, 15) is 14.4 Å². The Labute approximate surface area is 146 Å². The molecule has 0 radical (unpaired) electrons. The summed E-state index contributed by atoms with van der Waals surface area (Å²) in [7, 11) is 3.05. The lowest BCUT2D eigenvalue weighted by Gasteiger charge is -2.25. The molecule has 0 aromatic heterocycles. The van der Waals surface area contributed by atoms with E-state index in [1.54, 1.807) is 21.0 Å². The van der Waals surface area contributed by atoms with Gasteiger partial charge in [0.15, 0.2) is 0 Å². The number of hydrogen-bond donors (Lipinski definition) is 1. The third-order valence-electron chi connectivity index (χ3n) is 5.35. The Kier molecular flexibility index (Phi) is 4.28. The van der Waals surface area contributed by atoms with Crippen LogP contribution in [0.2, 0.25) is 0 Å². The lowest BCUT2D eigenvalue weighted by atomic mass is 9.80.